The van der Waals surface area contributed by atoms with Gasteiger partial charge in [0.25, 0.3) is 5.91 Å². The number of aromatic amines is 1. The zero-order valence-corrected chi connectivity index (χ0v) is 12.9. The largest absolute Gasteiger partial charge is 0.486 e. The normalized spacial score (nSPS) is 12.7. The van der Waals surface area contributed by atoms with Crippen LogP contribution in [0.2, 0.25) is 0 Å². The van der Waals surface area contributed by atoms with Crippen molar-refractivity contribution in [3.05, 3.63) is 66.5 Å². The maximum atomic E-state index is 12.7. The zero-order valence-electron chi connectivity index (χ0n) is 12.9. The molecule has 24 heavy (non-hydrogen) atoms. The van der Waals surface area contributed by atoms with Crippen LogP contribution >= 0.6 is 0 Å². The van der Waals surface area contributed by atoms with Crippen molar-refractivity contribution < 1.29 is 14.3 Å². The second kappa shape index (κ2) is 6.12. The second-order valence-electron chi connectivity index (χ2n) is 5.43. The second-order valence-corrected chi connectivity index (χ2v) is 5.43. The zero-order chi connectivity index (χ0) is 16.4. The lowest BCUT2D eigenvalue weighted by Gasteiger charge is -2.21. The van der Waals surface area contributed by atoms with Gasteiger partial charge >= 0.3 is 0 Å². The van der Waals surface area contributed by atoms with Crippen LogP contribution in [-0.2, 0) is 0 Å². The Kier molecular flexibility index (Phi) is 3.67. The number of nitrogens with one attached hydrogen (secondary N) is 2. The Bertz CT molecular complexity index is 871. The van der Waals surface area contributed by atoms with Gasteiger partial charge in [-0.25, -0.2) is 0 Å². The molecule has 1 aromatic heterocycles. The van der Waals surface area contributed by atoms with E-state index in [2.05, 4.69) is 10.3 Å². The summed E-state index contributed by atoms with van der Waals surface area (Å²) in [6.07, 6.45) is 3.52. The molecule has 5 nitrogen and oxygen atoms in total. The van der Waals surface area contributed by atoms with Gasteiger partial charge in [-0.2, -0.15) is 0 Å². The third kappa shape index (κ3) is 2.60. The van der Waals surface area contributed by atoms with E-state index in [-0.39, 0.29) is 5.91 Å². The number of carbonyl (C=O) groups excluding carboxylic acids is 1. The molecule has 0 spiro atoms. The highest BCUT2D eigenvalue weighted by molar-refractivity contribution is 6.09. The molecule has 3 aromatic rings. The molecule has 0 aliphatic carbocycles. The molecule has 0 bridgehead atoms. The molecule has 0 unspecified atom stereocenters. The summed E-state index contributed by atoms with van der Waals surface area (Å²) in [4.78, 5) is 15.7. The summed E-state index contributed by atoms with van der Waals surface area (Å²) in [7, 11) is 0. The lowest BCUT2D eigenvalue weighted by molar-refractivity contribution is 0.102. The quantitative estimate of drug-likeness (QED) is 0.773. The van der Waals surface area contributed by atoms with E-state index >= 15 is 0 Å². The average molecular weight is 320 g/mol. The number of ether oxygens (including phenoxy) is 2. The first kappa shape index (κ1) is 14.4. The van der Waals surface area contributed by atoms with Gasteiger partial charge in [0.2, 0.25) is 0 Å². The topological polar surface area (TPSA) is 63.4 Å². The third-order valence-corrected chi connectivity index (χ3v) is 3.89. The summed E-state index contributed by atoms with van der Waals surface area (Å²) >= 11 is 0. The molecule has 2 heterocycles. The molecule has 120 valence electrons. The number of hydrogen-bond donors (Lipinski definition) is 2. The predicted molar refractivity (Wildman–Crippen MR) is 91.6 cm³/mol. The first-order chi connectivity index (χ1) is 11.8. The molecule has 0 saturated carbocycles. The molecule has 1 aliphatic heterocycles. The van der Waals surface area contributed by atoms with Crippen LogP contribution < -0.4 is 14.8 Å². The van der Waals surface area contributed by atoms with Crippen LogP contribution in [-0.4, -0.2) is 24.1 Å². The third-order valence-electron chi connectivity index (χ3n) is 3.89. The van der Waals surface area contributed by atoms with E-state index in [4.69, 9.17) is 9.47 Å². The average Bonchev–Trinajstić information content (AvgIpc) is 3.13. The number of para-hydroxylation sites is 1. The maximum absolute atomic E-state index is 12.7. The minimum atomic E-state index is -0.197. The van der Waals surface area contributed by atoms with Crippen molar-refractivity contribution in [3.63, 3.8) is 0 Å². The van der Waals surface area contributed by atoms with Crippen LogP contribution in [0.1, 0.15) is 10.4 Å². The SMILES string of the molecule is O=C(Nc1cccc2c1OCCO2)c1c[nH]cc1-c1ccccc1. The molecule has 1 amide bonds. The van der Waals surface area contributed by atoms with Crippen LogP contribution in [0.3, 0.4) is 0 Å². The van der Waals surface area contributed by atoms with Gasteiger partial charge in [0, 0.05) is 18.0 Å². The fourth-order valence-corrected chi connectivity index (χ4v) is 2.77. The maximum Gasteiger partial charge on any atom is 0.257 e. The van der Waals surface area contributed by atoms with Crippen LogP contribution in [0.15, 0.2) is 60.9 Å². The number of carbonyl (C=O) groups is 1. The molecule has 0 saturated heterocycles. The van der Waals surface area contributed by atoms with Gasteiger partial charge in [-0.05, 0) is 17.7 Å². The Balaban J connectivity index is 1.64. The monoisotopic (exact) mass is 320 g/mol. The van der Waals surface area contributed by atoms with Crippen molar-refractivity contribution in [2.24, 2.45) is 0 Å². The first-order valence-electron chi connectivity index (χ1n) is 7.75. The van der Waals surface area contributed by atoms with Gasteiger partial charge in [-0.1, -0.05) is 36.4 Å². The molecule has 2 N–H and O–H groups in total. The number of fused-ring (bicyclic) bond motifs is 1. The van der Waals surface area contributed by atoms with Gasteiger partial charge in [0.1, 0.15) is 13.2 Å². The van der Waals surface area contributed by atoms with Crippen molar-refractivity contribution in [2.75, 3.05) is 18.5 Å². The van der Waals surface area contributed by atoms with Crippen molar-refractivity contribution in [2.45, 2.75) is 0 Å². The van der Waals surface area contributed by atoms with Gasteiger partial charge in [0.15, 0.2) is 11.5 Å². The number of aromatic nitrogens is 1. The fraction of sp³-hybridized carbons (Fsp3) is 0.105. The van der Waals surface area contributed by atoms with E-state index in [0.29, 0.717) is 36.0 Å². The predicted octanol–water partition coefficient (Wildman–Crippen LogP) is 3.71. The van der Waals surface area contributed by atoms with Crippen LogP contribution in [0.4, 0.5) is 5.69 Å². The van der Waals surface area contributed by atoms with Gasteiger partial charge < -0.3 is 19.8 Å². The van der Waals surface area contributed by atoms with Crippen LogP contribution in [0.5, 0.6) is 11.5 Å². The lowest BCUT2D eigenvalue weighted by atomic mass is 10.0. The molecule has 1 aliphatic rings. The summed E-state index contributed by atoms with van der Waals surface area (Å²) in [6, 6.07) is 15.3. The highest BCUT2D eigenvalue weighted by atomic mass is 16.6. The van der Waals surface area contributed by atoms with Gasteiger partial charge in [-0.15, -0.1) is 0 Å². The minimum Gasteiger partial charge on any atom is -0.486 e. The fourth-order valence-electron chi connectivity index (χ4n) is 2.77. The number of anilines is 1. The lowest BCUT2D eigenvalue weighted by Crippen LogP contribution is -2.18. The summed E-state index contributed by atoms with van der Waals surface area (Å²) in [5, 5.41) is 2.92. The van der Waals surface area contributed by atoms with Gasteiger partial charge in [-0.3, -0.25) is 4.79 Å². The van der Waals surface area contributed by atoms with Crippen molar-refractivity contribution in [1.29, 1.82) is 0 Å². The van der Waals surface area contributed by atoms with E-state index < -0.39 is 0 Å². The number of hydrogen-bond acceptors (Lipinski definition) is 3. The Morgan fingerprint density at radius 2 is 1.79 bits per heavy atom. The van der Waals surface area contributed by atoms with E-state index in [1.54, 1.807) is 12.3 Å². The van der Waals surface area contributed by atoms with E-state index in [9.17, 15) is 4.79 Å². The number of amides is 1. The highest BCUT2D eigenvalue weighted by Crippen LogP contribution is 2.37. The van der Waals surface area contributed by atoms with Crippen molar-refractivity contribution in [3.8, 4) is 22.6 Å². The molecule has 0 atom stereocenters. The first-order valence-corrected chi connectivity index (χ1v) is 7.75. The number of rotatable bonds is 3. The number of H-pyrrole nitrogens is 1. The Morgan fingerprint density at radius 3 is 2.67 bits per heavy atom. The van der Waals surface area contributed by atoms with Crippen molar-refractivity contribution >= 4 is 11.6 Å². The van der Waals surface area contributed by atoms with E-state index in [1.165, 1.54) is 0 Å². The summed E-state index contributed by atoms with van der Waals surface area (Å²) in [5.74, 6) is 1.03. The molecule has 0 radical (unpaired) electrons. The van der Waals surface area contributed by atoms with Gasteiger partial charge in [0.05, 0.1) is 11.3 Å². The molecule has 5 heteroatoms. The molecular weight excluding hydrogens is 304 g/mol. The van der Waals surface area contributed by atoms with E-state index in [0.717, 1.165) is 11.1 Å². The van der Waals surface area contributed by atoms with Crippen molar-refractivity contribution in [1.82, 2.24) is 4.98 Å². The molecule has 2 aromatic carbocycles. The smallest absolute Gasteiger partial charge is 0.257 e. The molecule has 0 fully saturated rings. The Morgan fingerprint density at radius 1 is 0.958 bits per heavy atom. The van der Waals surface area contributed by atoms with Crippen LogP contribution in [0.25, 0.3) is 11.1 Å². The number of benzene rings is 2. The summed E-state index contributed by atoms with van der Waals surface area (Å²) in [5.41, 5.74) is 3.03. The highest BCUT2D eigenvalue weighted by Gasteiger charge is 2.19. The minimum absolute atomic E-state index is 0.197. The molecular formula is C19H16N2O3. The Hall–Kier alpha value is -3.21. The van der Waals surface area contributed by atoms with E-state index in [1.807, 2.05) is 48.7 Å². The summed E-state index contributed by atoms with van der Waals surface area (Å²) < 4.78 is 11.2. The Labute approximate surface area is 139 Å². The standard InChI is InChI=1S/C19H16N2O3/c22-19(15-12-20-11-14(15)13-5-2-1-3-6-13)21-16-7-4-8-17-18(16)24-10-9-23-17/h1-8,11-12,20H,9-10H2,(H,21,22). The van der Waals surface area contributed by atoms with Crippen LogP contribution in [0, 0.1) is 0 Å². The summed E-state index contributed by atoms with van der Waals surface area (Å²) in [6.45, 7) is 0.986. The molecule has 4 rings (SSSR count).